The molecule has 0 spiro atoms. The number of hydrogen-bond acceptors (Lipinski definition) is 6. The number of H-pyrrole nitrogens is 1. The first-order valence-electron chi connectivity index (χ1n) is 9.03. The second-order valence-corrected chi connectivity index (χ2v) is 6.41. The van der Waals surface area contributed by atoms with Crippen LogP contribution in [0.3, 0.4) is 0 Å². The molecule has 1 aliphatic rings. The number of methoxy groups -OCH3 is 1. The maximum absolute atomic E-state index is 12.8. The zero-order chi connectivity index (χ0) is 20.2. The molecule has 2 aromatic heterocycles. The Kier molecular flexibility index (Phi) is 5.15. The van der Waals surface area contributed by atoms with Crippen molar-refractivity contribution in [2.45, 2.75) is 12.5 Å². The molecule has 1 N–H and O–H groups in total. The molecule has 8 heteroatoms. The fourth-order valence-electron chi connectivity index (χ4n) is 3.13. The number of hydrogen-bond donors (Lipinski definition) is 1. The number of ether oxygens (including phenoxy) is 2. The van der Waals surface area contributed by atoms with Crippen molar-refractivity contribution < 1.29 is 23.5 Å². The summed E-state index contributed by atoms with van der Waals surface area (Å²) < 4.78 is 15.8. The van der Waals surface area contributed by atoms with Crippen molar-refractivity contribution in [2.75, 3.05) is 13.7 Å². The van der Waals surface area contributed by atoms with E-state index in [9.17, 15) is 9.59 Å². The van der Waals surface area contributed by atoms with E-state index >= 15 is 0 Å². The summed E-state index contributed by atoms with van der Waals surface area (Å²) in [4.78, 5) is 27.5. The summed E-state index contributed by atoms with van der Waals surface area (Å²) in [5.41, 5.74) is 1.89. The average molecular weight is 393 g/mol. The Bertz CT molecular complexity index is 1010. The van der Waals surface area contributed by atoms with Crippen molar-refractivity contribution in [1.82, 2.24) is 9.99 Å². The summed E-state index contributed by atoms with van der Waals surface area (Å²) in [7, 11) is 1.60. The van der Waals surface area contributed by atoms with Gasteiger partial charge in [-0.15, -0.1) is 0 Å². The highest BCUT2D eigenvalue weighted by atomic mass is 16.5. The molecule has 0 saturated heterocycles. The number of rotatable bonds is 6. The van der Waals surface area contributed by atoms with Gasteiger partial charge in [0.2, 0.25) is 0 Å². The maximum atomic E-state index is 12.8. The lowest BCUT2D eigenvalue weighted by atomic mass is 10.0. The number of carbonyl (C=O) groups excluding carboxylic acids is 2. The first-order valence-corrected chi connectivity index (χ1v) is 9.03. The lowest BCUT2D eigenvalue weighted by Gasteiger charge is -2.19. The zero-order valence-corrected chi connectivity index (χ0v) is 15.7. The molecule has 0 unspecified atom stereocenters. The highest BCUT2D eigenvalue weighted by Gasteiger charge is 2.35. The number of esters is 1. The lowest BCUT2D eigenvalue weighted by Crippen LogP contribution is -2.31. The number of hydrazone groups is 1. The van der Waals surface area contributed by atoms with Crippen molar-refractivity contribution in [3.05, 3.63) is 78.0 Å². The minimum Gasteiger partial charge on any atom is -0.497 e. The molecule has 0 fully saturated rings. The van der Waals surface area contributed by atoms with Crippen LogP contribution in [-0.4, -0.2) is 41.3 Å². The highest BCUT2D eigenvalue weighted by Crippen LogP contribution is 2.33. The van der Waals surface area contributed by atoms with Gasteiger partial charge in [0.25, 0.3) is 5.91 Å². The standard InChI is InChI=1S/C21H19N3O5/c1-27-15-8-6-14(7-9-15)17-12-18(19-5-3-11-28-19)24(23-17)20(25)13-29-21(26)16-4-2-10-22-16/h2-11,18,22H,12-13H2,1H3/t18-/m0/s1. The van der Waals surface area contributed by atoms with Gasteiger partial charge in [0.05, 0.1) is 19.1 Å². The molecular formula is C21H19N3O5. The van der Waals surface area contributed by atoms with Crippen LogP contribution >= 0.6 is 0 Å². The van der Waals surface area contributed by atoms with E-state index in [2.05, 4.69) is 10.1 Å². The van der Waals surface area contributed by atoms with Crippen LogP contribution < -0.4 is 4.74 Å². The minimum absolute atomic E-state index is 0.282. The maximum Gasteiger partial charge on any atom is 0.355 e. The van der Waals surface area contributed by atoms with Gasteiger partial charge in [0.1, 0.15) is 23.2 Å². The Hall–Kier alpha value is -3.81. The summed E-state index contributed by atoms with van der Waals surface area (Å²) in [5.74, 6) is 0.312. The lowest BCUT2D eigenvalue weighted by molar-refractivity contribution is -0.136. The molecule has 3 heterocycles. The number of nitrogens with zero attached hydrogens (tertiary/aromatic N) is 2. The van der Waals surface area contributed by atoms with Crippen LogP contribution in [0, 0.1) is 0 Å². The molecule has 3 aromatic rings. The number of amides is 1. The molecule has 4 rings (SSSR count). The van der Waals surface area contributed by atoms with Gasteiger partial charge in [0.15, 0.2) is 6.61 Å². The SMILES string of the molecule is COc1ccc(C2=NN(C(=O)COC(=O)c3ccc[nH]3)[C@H](c3ccco3)C2)cc1. The second kappa shape index (κ2) is 8.05. The predicted molar refractivity (Wildman–Crippen MR) is 104 cm³/mol. The fourth-order valence-corrected chi connectivity index (χ4v) is 3.13. The number of benzene rings is 1. The fraction of sp³-hybridized carbons (Fsp3) is 0.190. The quantitative estimate of drug-likeness (QED) is 0.649. The van der Waals surface area contributed by atoms with Crippen molar-refractivity contribution in [3.8, 4) is 5.75 Å². The Labute approximate surface area is 166 Å². The largest absolute Gasteiger partial charge is 0.497 e. The molecule has 0 radical (unpaired) electrons. The van der Waals surface area contributed by atoms with Gasteiger partial charge >= 0.3 is 5.97 Å². The van der Waals surface area contributed by atoms with Gasteiger partial charge in [-0.05, 0) is 54.1 Å². The highest BCUT2D eigenvalue weighted by molar-refractivity contribution is 6.03. The number of furan rings is 1. The first kappa shape index (κ1) is 18.5. The van der Waals surface area contributed by atoms with Crippen molar-refractivity contribution >= 4 is 17.6 Å². The number of aromatic nitrogens is 1. The van der Waals surface area contributed by atoms with Crippen LogP contribution in [-0.2, 0) is 9.53 Å². The Balaban J connectivity index is 1.52. The van der Waals surface area contributed by atoms with Gasteiger partial charge in [-0.25, -0.2) is 9.80 Å². The second-order valence-electron chi connectivity index (χ2n) is 6.41. The molecule has 0 aliphatic carbocycles. The smallest absolute Gasteiger partial charge is 0.355 e. The van der Waals surface area contributed by atoms with Crippen molar-refractivity contribution in [1.29, 1.82) is 0 Å². The normalized spacial score (nSPS) is 15.8. The summed E-state index contributed by atoms with van der Waals surface area (Å²) in [6, 6.07) is 13.8. The number of carbonyl (C=O) groups is 2. The molecule has 29 heavy (non-hydrogen) atoms. The zero-order valence-electron chi connectivity index (χ0n) is 15.7. The minimum atomic E-state index is -0.601. The predicted octanol–water partition coefficient (Wildman–Crippen LogP) is 3.15. The van der Waals surface area contributed by atoms with Crippen LogP contribution in [0.25, 0.3) is 0 Å². The van der Waals surface area contributed by atoms with Crippen LogP contribution in [0.5, 0.6) is 5.75 Å². The summed E-state index contributed by atoms with van der Waals surface area (Å²) in [6.07, 6.45) is 3.64. The van der Waals surface area contributed by atoms with Gasteiger partial charge < -0.3 is 18.9 Å². The molecule has 1 aromatic carbocycles. The topological polar surface area (TPSA) is 97.1 Å². The molecule has 1 aliphatic heterocycles. The van der Waals surface area contributed by atoms with Gasteiger partial charge in [-0.2, -0.15) is 5.10 Å². The van der Waals surface area contributed by atoms with Crippen LogP contribution in [0.4, 0.5) is 0 Å². The molecule has 0 saturated carbocycles. The third kappa shape index (κ3) is 3.91. The summed E-state index contributed by atoms with van der Waals surface area (Å²) in [5, 5.41) is 5.81. The van der Waals surface area contributed by atoms with Crippen LogP contribution in [0.2, 0.25) is 0 Å². The van der Waals surface area contributed by atoms with Crippen molar-refractivity contribution in [2.24, 2.45) is 5.10 Å². The van der Waals surface area contributed by atoms with Gasteiger partial charge in [0, 0.05) is 12.6 Å². The number of aromatic amines is 1. The van der Waals surface area contributed by atoms with E-state index in [0.29, 0.717) is 12.2 Å². The van der Waals surface area contributed by atoms with Crippen LogP contribution in [0.15, 0.2) is 70.5 Å². The van der Waals surface area contributed by atoms with Crippen molar-refractivity contribution in [3.63, 3.8) is 0 Å². The molecule has 148 valence electrons. The average Bonchev–Trinajstić information content (AvgIpc) is 3.52. The summed E-state index contributed by atoms with van der Waals surface area (Å²) >= 11 is 0. The van der Waals surface area contributed by atoms with E-state index in [1.165, 1.54) is 5.01 Å². The summed E-state index contributed by atoms with van der Waals surface area (Å²) in [6.45, 7) is -0.422. The third-order valence-electron chi connectivity index (χ3n) is 4.61. The third-order valence-corrected chi connectivity index (χ3v) is 4.61. The van der Waals surface area contributed by atoms with E-state index in [1.54, 1.807) is 43.8 Å². The monoisotopic (exact) mass is 393 g/mol. The first-order chi connectivity index (χ1) is 14.2. The molecule has 1 amide bonds. The Morgan fingerprint density at radius 3 is 2.69 bits per heavy atom. The van der Waals surface area contributed by atoms with E-state index < -0.39 is 24.5 Å². The van der Waals surface area contributed by atoms with E-state index in [-0.39, 0.29) is 5.69 Å². The van der Waals surface area contributed by atoms with E-state index in [4.69, 9.17) is 13.9 Å². The molecule has 8 nitrogen and oxygen atoms in total. The Morgan fingerprint density at radius 1 is 1.21 bits per heavy atom. The molecule has 1 atom stereocenters. The van der Waals surface area contributed by atoms with Crippen LogP contribution in [0.1, 0.15) is 34.3 Å². The van der Waals surface area contributed by atoms with Gasteiger partial charge in [-0.1, -0.05) is 0 Å². The van der Waals surface area contributed by atoms with E-state index in [1.807, 2.05) is 24.3 Å². The molecule has 0 bridgehead atoms. The van der Waals surface area contributed by atoms with Gasteiger partial charge in [-0.3, -0.25) is 4.79 Å². The Morgan fingerprint density at radius 2 is 2.03 bits per heavy atom. The molecular weight excluding hydrogens is 374 g/mol. The number of nitrogens with one attached hydrogen (secondary N) is 1. The van der Waals surface area contributed by atoms with E-state index in [0.717, 1.165) is 17.0 Å².